The minimum absolute atomic E-state index is 0.251. The standard InChI is InChI=1S/C19H26N2O3/c1-2-7-17(16-8-4-3-5-9-16)14-20-24-13-12-21-11-6-10-18(15-21)19(22)23/h3-5,7-9,14,18H,2,6,10-13,15H2,1H3,(H,22,23). The van der Waals surface area contributed by atoms with Gasteiger partial charge in [0.2, 0.25) is 0 Å². The smallest absolute Gasteiger partial charge is 0.307 e. The molecule has 0 saturated carbocycles. The lowest BCUT2D eigenvalue weighted by Gasteiger charge is -2.29. The number of hydrogen-bond acceptors (Lipinski definition) is 4. The van der Waals surface area contributed by atoms with Crippen LogP contribution < -0.4 is 0 Å². The maximum absolute atomic E-state index is 11.1. The van der Waals surface area contributed by atoms with Gasteiger partial charge in [-0.2, -0.15) is 0 Å². The second-order valence-electron chi connectivity index (χ2n) is 5.98. The van der Waals surface area contributed by atoms with Crippen LogP contribution in [-0.2, 0) is 9.63 Å². The van der Waals surface area contributed by atoms with Crippen molar-refractivity contribution in [1.29, 1.82) is 0 Å². The number of allylic oxidation sites excluding steroid dienone is 2. The fraction of sp³-hybridized carbons (Fsp3) is 0.474. The lowest BCUT2D eigenvalue weighted by molar-refractivity contribution is -0.143. The van der Waals surface area contributed by atoms with E-state index in [1.165, 1.54) is 0 Å². The molecule has 1 aliphatic heterocycles. The van der Waals surface area contributed by atoms with Crippen LogP contribution in [0.15, 0.2) is 41.6 Å². The molecule has 5 nitrogen and oxygen atoms in total. The van der Waals surface area contributed by atoms with Crippen LogP contribution >= 0.6 is 0 Å². The molecule has 0 radical (unpaired) electrons. The zero-order valence-corrected chi connectivity index (χ0v) is 14.2. The van der Waals surface area contributed by atoms with Crippen molar-refractivity contribution < 1.29 is 14.7 Å². The Bertz CT molecular complexity index is 569. The predicted molar refractivity (Wildman–Crippen MR) is 96.0 cm³/mol. The molecule has 2 rings (SSSR count). The number of carboxylic acids is 1. The molecule has 0 aromatic heterocycles. The molecular formula is C19H26N2O3. The highest BCUT2D eigenvalue weighted by molar-refractivity contribution is 6.09. The van der Waals surface area contributed by atoms with Crippen LogP contribution in [0.1, 0.15) is 31.7 Å². The molecule has 1 N–H and O–H groups in total. The summed E-state index contributed by atoms with van der Waals surface area (Å²) >= 11 is 0. The van der Waals surface area contributed by atoms with Crippen molar-refractivity contribution in [2.24, 2.45) is 11.1 Å². The summed E-state index contributed by atoms with van der Waals surface area (Å²) in [6.07, 6.45) is 6.49. The predicted octanol–water partition coefficient (Wildman–Crippen LogP) is 3.28. The maximum atomic E-state index is 11.1. The van der Waals surface area contributed by atoms with Crippen LogP contribution in [0, 0.1) is 5.92 Å². The first kappa shape index (κ1) is 18.2. The normalized spacial score (nSPS) is 19.5. The zero-order chi connectivity index (χ0) is 17.2. The summed E-state index contributed by atoms with van der Waals surface area (Å²) < 4.78 is 0. The fourth-order valence-electron chi connectivity index (χ4n) is 2.87. The van der Waals surface area contributed by atoms with E-state index < -0.39 is 5.97 Å². The van der Waals surface area contributed by atoms with E-state index in [4.69, 9.17) is 9.94 Å². The summed E-state index contributed by atoms with van der Waals surface area (Å²) in [7, 11) is 0. The molecule has 0 spiro atoms. The van der Waals surface area contributed by atoms with Gasteiger partial charge in [0, 0.05) is 13.1 Å². The Hall–Kier alpha value is -2.14. The minimum atomic E-state index is -0.698. The number of rotatable bonds is 8. The van der Waals surface area contributed by atoms with E-state index in [0.29, 0.717) is 19.7 Å². The molecule has 0 aliphatic carbocycles. The molecule has 1 heterocycles. The highest BCUT2D eigenvalue weighted by Crippen LogP contribution is 2.16. The van der Waals surface area contributed by atoms with E-state index in [1.807, 2.05) is 30.3 Å². The van der Waals surface area contributed by atoms with Gasteiger partial charge in [-0.05, 0) is 36.9 Å². The lowest BCUT2D eigenvalue weighted by Crippen LogP contribution is -2.40. The number of likely N-dealkylation sites (tertiary alicyclic amines) is 1. The van der Waals surface area contributed by atoms with Crippen LogP contribution in [-0.4, -0.2) is 48.4 Å². The Morgan fingerprint density at radius 2 is 2.21 bits per heavy atom. The number of carbonyl (C=O) groups is 1. The first-order valence-electron chi connectivity index (χ1n) is 8.56. The number of oxime groups is 1. The topological polar surface area (TPSA) is 62.1 Å². The highest BCUT2D eigenvalue weighted by Gasteiger charge is 2.24. The zero-order valence-electron chi connectivity index (χ0n) is 14.2. The van der Waals surface area contributed by atoms with Crippen LogP contribution in [0.2, 0.25) is 0 Å². The Labute approximate surface area is 143 Å². The Kier molecular flexibility index (Phi) is 7.49. The van der Waals surface area contributed by atoms with Crippen molar-refractivity contribution in [3.63, 3.8) is 0 Å². The van der Waals surface area contributed by atoms with Gasteiger partial charge in [-0.1, -0.05) is 48.5 Å². The molecule has 24 heavy (non-hydrogen) atoms. The molecule has 1 atom stereocenters. The number of aliphatic carboxylic acids is 1. The van der Waals surface area contributed by atoms with Gasteiger partial charge >= 0.3 is 5.97 Å². The molecular weight excluding hydrogens is 304 g/mol. The van der Waals surface area contributed by atoms with Crippen LogP contribution in [0.25, 0.3) is 5.57 Å². The molecule has 0 bridgehead atoms. The summed E-state index contributed by atoms with van der Waals surface area (Å²) in [6, 6.07) is 10.1. The van der Waals surface area contributed by atoms with Gasteiger partial charge in [0.15, 0.2) is 0 Å². The summed E-state index contributed by atoms with van der Waals surface area (Å²) in [5, 5.41) is 13.2. The number of carboxylic acid groups (broad SMARTS) is 1. The SMILES string of the molecule is CCC=C(C=NOCCN1CCCC(C(=O)O)C1)c1ccccc1. The third kappa shape index (κ3) is 5.81. The molecule has 130 valence electrons. The first-order chi connectivity index (χ1) is 11.7. The summed E-state index contributed by atoms with van der Waals surface area (Å²) in [4.78, 5) is 18.6. The average molecular weight is 330 g/mol. The molecule has 1 aliphatic rings. The molecule has 1 unspecified atom stereocenters. The van der Waals surface area contributed by atoms with Gasteiger partial charge in [0.25, 0.3) is 0 Å². The van der Waals surface area contributed by atoms with Crippen molar-refractivity contribution in [3.05, 3.63) is 42.0 Å². The van der Waals surface area contributed by atoms with Crippen molar-refractivity contribution in [1.82, 2.24) is 4.90 Å². The van der Waals surface area contributed by atoms with Crippen molar-refractivity contribution >= 4 is 17.8 Å². The van der Waals surface area contributed by atoms with E-state index in [2.05, 4.69) is 23.1 Å². The molecule has 1 saturated heterocycles. The third-order valence-electron chi connectivity index (χ3n) is 4.15. The van der Waals surface area contributed by atoms with Gasteiger partial charge in [-0.15, -0.1) is 0 Å². The number of benzene rings is 1. The summed E-state index contributed by atoms with van der Waals surface area (Å²) in [5.74, 6) is -0.949. The Morgan fingerprint density at radius 1 is 1.42 bits per heavy atom. The molecule has 5 heteroatoms. The van der Waals surface area contributed by atoms with Gasteiger partial charge in [0.05, 0.1) is 12.1 Å². The summed E-state index contributed by atoms with van der Waals surface area (Å²) in [6.45, 7) is 4.80. The lowest BCUT2D eigenvalue weighted by atomic mass is 9.98. The highest BCUT2D eigenvalue weighted by atomic mass is 16.6. The molecule has 1 aromatic carbocycles. The van der Waals surface area contributed by atoms with E-state index in [1.54, 1.807) is 6.21 Å². The first-order valence-corrected chi connectivity index (χ1v) is 8.56. The Balaban J connectivity index is 1.77. The molecule has 1 aromatic rings. The number of hydrogen-bond donors (Lipinski definition) is 1. The largest absolute Gasteiger partial charge is 0.481 e. The van der Waals surface area contributed by atoms with Gasteiger partial charge in [-0.25, -0.2) is 0 Å². The van der Waals surface area contributed by atoms with Gasteiger partial charge in [-0.3, -0.25) is 9.69 Å². The van der Waals surface area contributed by atoms with E-state index >= 15 is 0 Å². The second kappa shape index (κ2) is 9.88. The molecule has 1 fully saturated rings. The Morgan fingerprint density at radius 3 is 2.92 bits per heavy atom. The number of nitrogens with zero attached hydrogens (tertiary/aromatic N) is 2. The van der Waals surface area contributed by atoms with Crippen molar-refractivity contribution in [3.8, 4) is 0 Å². The fourth-order valence-corrected chi connectivity index (χ4v) is 2.87. The number of piperidine rings is 1. The molecule has 0 amide bonds. The van der Waals surface area contributed by atoms with Gasteiger partial charge in [0.1, 0.15) is 6.61 Å². The van der Waals surface area contributed by atoms with E-state index in [-0.39, 0.29) is 5.92 Å². The van der Waals surface area contributed by atoms with E-state index in [0.717, 1.165) is 36.9 Å². The van der Waals surface area contributed by atoms with Crippen LogP contribution in [0.3, 0.4) is 0 Å². The quantitative estimate of drug-likeness (QED) is 0.451. The van der Waals surface area contributed by atoms with E-state index in [9.17, 15) is 4.79 Å². The van der Waals surface area contributed by atoms with Crippen molar-refractivity contribution in [2.45, 2.75) is 26.2 Å². The summed E-state index contributed by atoms with van der Waals surface area (Å²) in [5.41, 5.74) is 2.16. The average Bonchev–Trinajstić information content (AvgIpc) is 2.61. The van der Waals surface area contributed by atoms with Crippen LogP contribution in [0.5, 0.6) is 0 Å². The third-order valence-corrected chi connectivity index (χ3v) is 4.15. The van der Waals surface area contributed by atoms with Gasteiger partial charge < -0.3 is 9.94 Å². The van der Waals surface area contributed by atoms with Crippen LogP contribution in [0.4, 0.5) is 0 Å². The van der Waals surface area contributed by atoms with Crippen molar-refractivity contribution in [2.75, 3.05) is 26.2 Å². The maximum Gasteiger partial charge on any atom is 0.307 e. The monoisotopic (exact) mass is 330 g/mol. The second-order valence-corrected chi connectivity index (χ2v) is 5.98. The minimum Gasteiger partial charge on any atom is -0.481 e.